The van der Waals surface area contributed by atoms with Crippen molar-refractivity contribution in [1.82, 2.24) is 10.4 Å². The highest BCUT2D eigenvalue weighted by Gasteiger charge is 2.16. The molecule has 0 aliphatic heterocycles. The Labute approximate surface area is 153 Å². The molecule has 1 amide bonds. The number of thiophene rings is 1. The lowest BCUT2D eigenvalue weighted by Crippen LogP contribution is -2.16. The minimum atomic E-state index is -0.306. The molecule has 2 N–H and O–H groups in total. The summed E-state index contributed by atoms with van der Waals surface area (Å²) in [5, 5.41) is 6.49. The number of benzene rings is 2. The average molecular weight is 368 g/mol. The maximum Gasteiger partial charge on any atom is 0.283 e. The number of hydrazone groups is 1. The topological polar surface area (TPSA) is 57.2 Å². The summed E-state index contributed by atoms with van der Waals surface area (Å²) < 4.78 is 0.996. The minimum Gasteiger partial charge on any atom is -0.361 e. The van der Waals surface area contributed by atoms with Gasteiger partial charge in [0.05, 0.1) is 11.2 Å². The Morgan fingerprint density at radius 3 is 2.96 bits per heavy atom. The van der Waals surface area contributed by atoms with Crippen molar-refractivity contribution >= 4 is 56.0 Å². The predicted molar refractivity (Wildman–Crippen MR) is 105 cm³/mol. The summed E-state index contributed by atoms with van der Waals surface area (Å²) >= 11 is 7.73. The molecule has 2 aromatic carbocycles. The van der Waals surface area contributed by atoms with Crippen molar-refractivity contribution in [2.75, 3.05) is 0 Å². The number of para-hydroxylation sites is 1. The zero-order chi connectivity index (χ0) is 17.4. The second-order valence-electron chi connectivity index (χ2n) is 5.73. The standard InChI is InChI=1S/C19H14ClN3OS/c1-11-6-7-14-16(8-11)25-18(17(14)20)19(24)23-22-10-12-9-21-15-5-3-2-4-13(12)15/h2-10,21H,1H3,(H,23,24). The van der Waals surface area contributed by atoms with Crippen LogP contribution < -0.4 is 5.43 Å². The smallest absolute Gasteiger partial charge is 0.283 e. The molecule has 6 heteroatoms. The van der Waals surface area contributed by atoms with E-state index in [-0.39, 0.29) is 5.91 Å². The van der Waals surface area contributed by atoms with Crippen molar-refractivity contribution in [3.05, 3.63) is 69.7 Å². The van der Waals surface area contributed by atoms with Gasteiger partial charge in [0.1, 0.15) is 4.88 Å². The van der Waals surface area contributed by atoms with Crippen molar-refractivity contribution in [3.8, 4) is 0 Å². The van der Waals surface area contributed by atoms with Gasteiger partial charge in [-0.15, -0.1) is 11.3 Å². The summed E-state index contributed by atoms with van der Waals surface area (Å²) in [4.78, 5) is 16.0. The Kier molecular flexibility index (Phi) is 4.03. The van der Waals surface area contributed by atoms with Gasteiger partial charge < -0.3 is 4.98 Å². The fraction of sp³-hybridized carbons (Fsp3) is 0.0526. The van der Waals surface area contributed by atoms with Gasteiger partial charge in [0.25, 0.3) is 5.91 Å². The molecule has 0 atom stereocenters. The van der Waals surface area contributed by atoms with Crippen LogP contribution in [0, 0.1) is 6.92 Å². The zero-order valence-electron chi connectivity index (χ0n) is 13.3. The third-order valence-corrected chi connectivity index (χ3v) is 5.64. The van der Waals surface area contributed by atoms with Crippen molar-refractivity contribution < 1.29 is 4.79 Å². The van der Waals surface area contributed by atoms with E-state index in [1.54, 1.807) is 6.21 Å². The van der Waals surface area contributed by atoms with Crippen LogP contribution >= 0.6 is 22.9 Å². The van der Waals surface area contributed by atoms with Crippen LogP contribution in [0.25, 0.3) is 21.0 Å². The van der Waals surface area contributed by atoms with E-state index in [1.165, 1.54) is 11.3 Å². The van der Waals surface area contributed by atoms with Gasteiger partial charge in [-0.3, -0.25) is 4.79 Å². The molecule has 0 saturated heterocycles. The first-order valence-corrected chi connectivity index (χ1v) is 8.91. The fourth-order valence-electron chi connectivity index (χ4n) is 2.73. The van der Waals surface area contributed by atoms with Crippen LogP contribution in [0.3, 0.4) is 0 Å². The molecule has 0 saturated carbocycles. The fourth-order valence-corrected chi connectivity index (χ4v) is 4.24. The minimum absolute atomic E-state index is 0.306. The molecule has 0 fully saturated rings. The van der Waals surface area contributed by atoms with Gasteiger partial charge >= 0.3 is 0 Å². The lowest BCUT2D eigenvalue weighted by Gasteiger charge is -1.97. The van der Waals surface area contributed by atoms with Gasteiger partial charge in [-0.05, 0) is 24.6 Å². The summed E-state index contributed by atoms with van der Waals surface area (Å²) in [5.41, 5.74) is 5.63. The molecule has 0 spiro atoms. The van der Waals surface area contributed by atoms with E-state index < -0.39 is 0 Å². The van der Waals surface area contributed by atoms with Gasteiger partial charge in [0.2, 0.25) is 0 Å². The van der Waals surface area contributed by atoms with Crippen LogP contribution in [0.4, 0.5) is 0 Å². The molecular weight excluding hydrogens is 354 g/mol. The van der Waals surface area contributed by atoms with Crippen LogP contribution in [-0.2, 0) is 0 Å². The van der Waals surface area contributed by atoms with E-state index in [4.69, 9.17) is 11.6 Å². The highest BCUT2D eigenvalue weighted by atomic mass is 35.5. The Balaban J connectivity index is 1.57. The van der Waals surface area contributed by atoms with Crippen LogP contribution in [-0.4, -0.2) is 17.1 Å². The molecule has 0 unspecified atom stereocenters. The number of halogens is 1. The Morgan fingerprint density at radius 1 is 1.24 bits per heavy atom. The molecule has 0 aliphatic carbocycles. The average Bonchev–Trinajstić information content (AvgIpc) is 3.16. The van der Waals surface area contributed by atoms with Gasteiger partial charge in [-0.2, -0.15) is 5.10 Å². The van der Waals surface area contributed by atoms with Crippen LogP contribution in [0.15, 0.2) is 53.8 Å². The molecular formula is C19H14ClN3OS. The van der Waals surface area contributed by atoms with Crippen LogP contribution in [0.1, 0.15) is 20.8 Å². The maximum absolute atomic E-state index is 12.4. The number of H-pyrrole nitrogens is 1. The number of aromatic nitrogens is 1. The number of nitrogens with one attached hydrogen (secondary N) is 2. The normalized spacial score (nSPS) is 11.6. The molecule has 25 heavy (non-hydrogen) atoms. The number of aryl methyl sites for hydroxylation is 1. The molecule has 2 aromatic heterocycles. The highest BCUT2D eigenvalue weighted by molar-refractivity contribution is 7.21. The number of fused-ring (bicyclic) bond motifs is 2. The monoisotopic (exact) mass is 367 g/mol. The number of amides is 1. The van der Waals surface area contributed by atoms with E-state index in [0.717, 1.165) is 32.1 Å². The number of carbonyl (C=O) groups excluding carboxylic acids is 1. The molecule has 0 radical (unpaired) electrons. The Bertz CT molecular complexity index is 1130. The number of carbonyl (C=O) groups is 1. The van der Waals surface area contributed by atoms with Gasteiger partial charge in [0.15, 0.2) is 0 Å². The summed E-state index contributed by atoms with van der Waals surface area (Å²) in [6.45, 7) is 2.01. The first-order chi connectivity index (χ1) is 12.1. The second-order valence-corrected chi connectivity index (χ2v) is 7.16. The third kappa shape index (κ3) is 2.92. The maximum atomic E-state index is 12.4. The van der Waals surface area contributed by atoms with E-state index in [0.29, 0.717) is 9.90 Å². The van der Waals surface area contributed by atoms with E-state index in [1.807, 2.05) is 55.6 Å². The van der Waals surface area contributed by atoms with E-state index in [2.05, 4.69) is 15.5 Å². The van der Waals surface area contributed by atoms with E-state index >= 15 is 0 Å². The highest BCUT2D eigenvalue weighted by Crippen LogP contribution is 2.35. The summed E-state index contributed by atoms with van der Waals surface area (Å²) in [5.74, 6) is -0.306. The molecule has 2 heterocycles. The quantitative estimate of drug-likeness (QED) is 0.383. The number of nitrogens with zero attached hydrogens (tertiary/aromatic N) is 1. The number of rotatable bonds is 3. The van der Waals surface area contributed by atoms with Gasteiger partial charge in [-0.1, -0.05) is 41.9 Å². The lowest BCUT2D eigenvalue weighted by molar-refractivity contribution is 0.0959. The predicted octanol–water partition coefficient (Wildman–Crippen LogP) is 5.11. The number of hydrogen-bond acceptors (Lipinski definition) is 3. The number of aromatic amines is 1. The van der Waals surface area contributed by atoms with Crippen molar-refractivity contribution in [3.63, 3.8) is 0 Å². The van der Waals surface area contributed by atoms with Gasteiger partial charge in [0, 0.05) is 32.7 Å². The zero-order valence-corrected chi connectivity index (χ0v) is 14.9. The van der Waals surface area contributed by atoms with Crippen LogP contribution in [0.5, 0.6) is 0 Å². The van der Waals surface area contributed by atoms with Crippen LogP contribution in [0.2, 0.25) is 5.02 Å². The molecule has 4 nitrogen and oxygen atoms in total. The molecule has 124 valence electrons. The molecule has 4 rings (SSSR count). The first-order valence-electron chi connectivity index (χ1n) is 7.71. The van der Waals surface area contributed by atoms with E-state index in [9.17, 15) is 4.79 Å². The second kappa shape index (κ2) is 6.35. The first kappa shape index (κ1) is 15.9. The summed E-state index contributed by atoms with van der Waals surface area (Å²) in [6.07, 6.45) is 3.48. The van der Waals surface area contributed by atoms with Crippen molar-refractivity contribution in [2.24, 2.45) is 5.10 Å². The SMILES string of the molecule is Cc1ccc2c(Cl)c(C(=O)NN=Cc3c[nH]c4ccccc34)sc2c1. The van der Waals surface area contributed by atoms with Crippen molar-refractivity contribution in [2.45, 2.75) is 6.92 Å². The summed E-state index contributed by atoms with van der Waals surface area (Å²) in [7, 11) is 0. The Hall–Kier alpha value is -2.63. The van der Waals surface area contributed by atoms with Crippen molar-refractivity contribution in [1.29, 1.82) is 0 Å². The molecule has 0 bridgehead atoms. The third-order valence-electron chi connectivity index (χ3n) is 3.98. The lowest BCUT2D eigenvalue weighted by atomic mass is 10.2. The Morgan fingerprint density at radius 2 is 2.08 bits per heavy atom. The summed E-state index contributed by atoms with van der Waals surface area (Å²) in [6, 6.07) is 13.9. The molecule has 4 aromatic rings. The largest absolute Gasteiger partial charge is 0.361 e. The van der Waals surface area contributed by atoms with Gasteiger partial charge in [-0.25, -0.2) is 5.43 Å². The number of hydrogen-bond donors (Lipinski definition) is 2. The molecule has 0 aliphatic rings.